The molecule has 4 heterocycles. The van der Waals surface area contributed by atoms with Gasteiger partial charge in [-0.05, 0) is 74.8 Å². The number of para-hydroxylation sites is 3. The molecule has 4 heteroatoms. The lowest BCUT2D eigenvalue weighted by Gasteiger charge is -2.41. The Hall–Kier alpha value is -5.22. The van der Waals surface area contributed by atoms with Gasteiger partial charge in [0.05, 0.1) is 11.1 Å². The van der Waals surface area contributed by atoms with Crippen LogP contribution in [0, 0.1) is 0 Å². The number of furan rings is 1. The van der Waals surface area contributed by atoms with E-state index in [2.05, 4.69) is 166 Å². The zero-order chi connectivity index (χ0) is 32.7. The molecular weight excluding hydrogens is 583 g/mol. The van der Waals surface area contributed by atoms with E-state index in [1.807, 2.05) is 0 Å². The van der Waals surface area contributed by atoms with Crippen LogP contribution in [0.4, 0.5) is 17.1 Å². The molecule has 10 rings (SSSR count). The van der Waals surface area contributed by atoms with Gasteiger partial charge in [0.2, 0.25) is 0 Å². The summed E-state index contributed by atoms with van der Waals surface area (Å²) in [5, 5.41) is 4.92. The predicted molar refractivity (Wildman–Crippen MR) is 205 cm³/mol. The molecule has 48 heavy (non-hydrogen) atoms. The van der Waals surface area contributed by atoms with Gasteiger partial charge in [0.15, 0.2) is 0 Å². The van der Waals surface area contributed by atoms with Crippen LogP contribution in [0.15, 0.2) is 120 Å². The van der Waals surface area contributed by atoms with Gasteiger partial charge in [-0.25, -0.2) is 0 Å². The molecule has 0 unspecified atom stereocenters. The lowest BCUT2D eigenvalue weighted by molar-refractivity contribution is 0.590. The van der Waals surface area contributed by atoms with Gasteiger partial charge in [-0.1, -0.05) is 120 Å². The largest absolute Gasteiger partial charge is 0.456 e. The fourth-order valence-corrected chi connectivity index (χ4v) is 8.52. The number of hydrogen-bond donors (Lipinski definition) is 0. The van der Waals surface area contributed by atoms with Gasteiger partial charge >= 0.3 is 6.85 Å². The lowest BCUT2D eigenvalue weighted by Crippen LogP contribution is -2.57. The van der Waals surface area contributed by atoms with Gasteiger partial charge in [-0.3, -0.25) is 0 Å². The molecule has 3 nitrogen and oxygen atoms in total. The Balaban J connectivity index is 1.42. The molecular formula is C44H37BN2O. The summed E-state index contributed by atoms with van der Waals surface area (Å²) in [4.78, 5) is 2.53. The zero-order valence-corrected chi connectivity index (χ0v) is 28.3. The van der Waals surface area contributed by atoms with Crippen molar-refractivity contribution in [1.29, 1.82) is 0 Å². The average Bonchev–Trinajstić information content (AvgIpc) is 3.62. The predicted octanol–water partition coefficient (Wildman–Crippen LogP) is 10.7. The monoisotopic (exact) mass is 620 g/mol. The maximum Gasteiger partial charge on any atom is 0.333 e. The minimum Gasteiger partial charge on any atom is -0.456 e. The van der Waals surface area contributed by atoms with Crippen LogP contribution < -0.4 is 15.8 Å². The second-order valence-corrected chi connectivity index (χ2v) is 15.8. The number of nitrogens with zero attached hydrogens (tertiary/aromatic N) is 2. The smallest absolute Gasteiger partial charge is 0.333 e. The Morgan fingerprint density at radius 1 is 0.583 bits per heavy atom. The van der Waals surface area contributed by atoms with Crippen LogP contribution >= 0.6 is 0 Å². The molecule has 2 aliphatic rings. The summed E-state index contributed by atoms with van der Waals surface area (Å²) in [6.45, 7) is 13.8. The average molecular weight is 621 g/mol. The van der Waals surface area contributed by atoms with Crippen molar-refractivity contribution < 1.29 is 4.42 Å². The summed E-state index contributed by atoms with van der Waals surface area (Å²) in [5.74, 6) is 0. The van der Waals surface area contributed by atoms with E-state index in [9.17, 15) is 0 Å². The molecule has 0 bridgehead atoms. The molecule has 6 aromatic carbocycles. The minimum absolute atomic E-state index is 0.00267. The molecule has 2 aromatic heterocycles. The van der Waals surface area contributed by atoms with Crippen molar-refractivity contribution >= 4 is 78.6 Å². The van der Waals surface area contributed by atoms with Gasteiger partial charge in [0.1, 0.15) is 11.2 Å². The van der Waals surface area contributed by atoms with E-state index in [-0.39, 0.29) is 17.7 Å². The molecule has 0 saturated carbocycles. The van der Waals surface area contributed by atoms with Crippen molar-refractivity contribution in [3.05, 3.63) is 126 Å². The van der Waals surface area contributed by atoms with Gasteiger partial charge in [0, 0.05) is 44.1 Å². The fraction of sp³-hybridized carbons (Fsp3) is 0.182. The molecule has 8 aromatic rings. The molecule has 0 amide bonds. The molecule has 0 N–H and O–H groups in total. The third kappa shape index (κ3) is 3.61. The summed E-state index contributed by atoms with van der Waals surface area (Å²) < 4.78 is 9.37. The summed E-state index contributed by atoms with van der Waals surface area (Å²) in [6, 6.07) is 43.1. The van der Waals surface area contributed by atoms with Crippen LogP contribution in [0.3, 0.4) is 0 Å². The maximum atomic E-state index is 6.73. The van der Waals surface area contributed by atoms with E-state index in [0.717, 1.165) is 22.2 Å². The third-order valence-electron chi connectivity index (χ3n) is 10.9. The van der Waals surface area contributed by atoms with Crippen LogP contribution in [0.2, 0.25) is 0 Å². The maximum absolute atomic E-state index is 6.73. The van der Waals surface area contributed by atoms with Gasteiger partial charge < -0.3 is 13.8 Å². The van der Waals surface area contributed by atoms with E-state index in [1.54, 1.807) is 0 Å². The van der Waals surface area contributed by atoms with E-state index in [1.165, 1.54) is 71.7 Å². The Kier molecular flexibility index (Phi) is 5.36. The van der Waals surface area contributed by atoms with Crippen LogP contribution in [-0.4, -0.2) is 11.3 Å². The van der Waals surface area contributed by atoms with Crippen molar-refractivity contribution in [2.24, 2.45) is 0 Å². The van der Waals surface area contributed by atoms with E-state index in [4.69, 9.17) is 4.42 Å². The van der Waals surface area contributed by atoms with Crippen molar-refractivity contribution in [3.8, 4) is 11.1 Å². The molecule has 0 atom stereocenters. The second kappa shape index (κ2) is 9.23. The Morgan fingerprint density at radius 2 is 1.27 bits per heavy atom. The number of aromatic nitrogens is 1. The molecule has 0 saturated heterocycles. The van der Waals surface area contributed by atoms with Gasteiger partial charge in [-0.15, -0.1) is 0 Å². The highest BCUT2D eigenvalue weighted by molar-refractivity contribution is 6.90. The fourth-order valence-electron chi connectivity index (χ4n) is 8.52. The second-order valence-electron chi connectivity index (χ2n) is 15.8. The number of anilines is 3. The number of hydrogen-bond acceptors (Lipinski definition) is 2. The first-order chi connectivity index (χ1) is 23.1. The van der Waals surface area contributed by atoms with Gasteiger partial charge in [0.25, 0.3) is 0 Å². The van der Waals surface area contributed by atoms with Crippen molar-refractivity contribution in [2.45, 2.75) is 52.4 Å². The van der Waals surface area contributed by atoms with E-state index < -0.39 is 0 Å². The number of fused-ring (bicyclic) bond motifs is 11. The Bertz CT molecular complexity index is 2640. The van der Waals surface area contributed by atoms with Crippen molar-refractivity contribution in [1.82, 2.24) is 4.48 Å². The highest BCUT2D eigenvalue weighted by Crippen LogP contribution is 2.50. The standard InChI is InChI=1S/C44H37BN2O/c1-43(2,3)26-18-21-28(22-19-26)46-36-23-20-27(44(4,5)6)24-34(36)45-40-33(25-38-39(42(40)46)32-13-8-10-17-37(32)48-38)31-15-11-14-30-29-12-7-9-16-35(29)47(45)41(30)31/h7-25H,1-6H3. The summed E-state index contributed by atoms with van der Waals surface area (Å²) in [6.07, 6.45) is 0. The molecule has 2 aliphatic heterocycles. The molecule has 0 spiro atoms. The highest BCUT2D eigenvalue weighted by Gasteiger charge is 2.44. The van der Waals surface area contributed by atoms with Crippen LogP contribution in [0.25, 0.3) is 54.9 Å². The van der Waals surface area contributed by atoms with E-state index >= 15 is 0 Å². The minimum atomic E-state index is -0.00670. The van der Waals surface area contributed by atoms with E-state index in [0.29, 0.717) is 0 Å². The summed E-state index contributed by atoms with van der Waals surface area (Å²) in [5.41, 5.74) is 15.9. The third-order valence-corrected chi connectivity index (χ3v) is 10.9. The quantitative estimate of drug-likeness (QED) is 0.170. The SMILES string of the molecule is CC(C)(C)c1ccc(N2c3ccc(C(C)(C)C)cc3B3c4c(cc5oc6ccccc6c5c42)-c2cccc4c5ccccc5n3c24)cc1. The van der Waals surface area contributed by atoms with Crippen LogP contribution in [0.5, 0.6) is 0 Å². The Labute approximate surface area is 281 Å². The first kappa shape index (κ1) is 27.9. The molecule has 0 fully saturated rings. The Morgan fingerprint density at radius 3 is 2.04 bits per heavy atom. The molecule has 0 aliphatic carbocycles. The van der Waals surface area contributed by atoms with Crippen LogP contribution in [-0.2, 0) is 10.8 Å². The van der Waals surface area contributed by atoms with Crippen molar-refractivity contribution in [3.63, 3.8) is 0 Å². The first-order valence-electron chi connectivity index (χ1n) is 17.1. The molecule has 232 valence electrons. The lowest BCUT2D eigenvalue weighted by atomic mass is 9.44. The zero-order valence-electron chi connectivity index (χ0n) is 28.3. The number of rotatable bonds is 1. The molecule has 0 radical (unpaired) electrons. The van der Waals surface area contributed by atoms with Gasteiger partial charge in [-0.2, -0.15) is 0 Å². The van der Waals surface area contributed by atoms with Crippen LogP contribution in [0.1, 0.15) is 52.7 Å². The first-order valence-corrected chi connectivity index (χ1v) is 17.1. The number of benzene rings is 6. The summed E-state index contributed by atoms with van der Waals surface area (Å²) >= 11 is 0. The highest BCUT2D eigenvalue weighted by atomic mass is 16.3. The van der Waals surface area contributed by atoms with Crippen molar-refractivity contribution in [2.75, 3.05) is 4.90 Å². The topological polar surface area (TPSA) is 21.3 Å². The normalized spacial score (nSPS) is 14.0. The summed E-state index contributed by atoms with van der Waals surface area (Å²) in [7, 11) is 0.